The number of hydrogen-bond acceptors (Lipinski definition) is 6. The second kappa shape index (κ2) is 16.3. The van der Waals surface area contributed by atoms with Crippen LogP contribution in [0.2, 0.25) is 0 Å². The standard InChI is InChI=1S/C19H32INO3.CH4O3S/c1-3-5-7-8-14-23-18(22)17(10-6-4-2)19(11-9-12-20)16-21-13-15-24-19;1-5(2,3)4/h17,21H,3-8,10-11,13-16H2,1-2H3;1H3,(H,2,3,4). The van der Waals surface area contributed by atoms with Gasteiger partial charge in [0.05, 0.1) is 35.8 Å². The van der Waals surface area contributed by atoms with Crippen molar-refractivity contribution in [1.82, 2.24) is 0 Å². The molecule has 0 bridgehead atoms. The summed E-state index contributed by atoms with van der Waals surface area (Å²) in [4.78, 5) is 12.8. The molecule has 7 nitrogen and oxygen atoms in total. The molecule has 1 rings (SSSR count). The van der Waals surface area contributed by atoms with Crippen LogP contribution in [0.5, 0.6) is 0 Å². The van der Waals surface area contributed by atoms with E-state index >= 15 is 0 Å². The number of hydrogen-bond donors (Lipinski definition) is 1. The molecule has 2 N–H and O–H groups in total. The molecule has 2 unspecified atom stereocenters. The molecular weight excluding hydrogens is 509 g/mol. The summed E-state index contributed by atoms with van der Waals surface area (Å²) < 4.78 is 41.9. The largest absolute Gasteiger partial charge is 0.748 e. The molecule has 0 aliphatic carbocycles. The maximum atomic E-state index is 12.8. The molecule has 29 heavy (non-hydrogen) atoms. The van der Waals surface area contributed by atoms with E-state index in [2.05, 4.69) is 51.6 Å². The van der Waals surface area contributed by atoms with Crippen molar-refractivity contribution in [2.45, 2.75) is 70.8 Å². The molecule has 1 fully saturated rings. The molecule has 1 aliphatic heterocycles. The zero-order valence-corrected chi connectivity index (χ0v) is 20.8. The second-order valence-corrected chi connectivity index (χ2v) is 9.22. The first-order valence-electron chi connectivity index (χ1n) is 10.3. The molecule has 2 atom stereocenters. The van der Waals surface area contributed by atoms with Gasteiger partial charge in [-0.1, -0.05) is 51.9 Å². The minimum Gasteiger partial charge on any atom is -0.748 e. The average molecular weight is 545 g/mol. The van der Waals surface area contributed by atoms with Crippen molar-refractivity contribution in [3.8, 4) is 9.85 Å². The molecule has 0 saturated carbocycles. The Morgan fingerprint density at radius 1 is 1.28 bits per heavy atom. The summed E-state index contributed by atoms with van der Waals surface area (Å²) in [6.07, 6.45) is 8.57. The summed E-state index contributed by atoms with van der Waals surface area (Å²) in [6.45, 7) is 7.28. The molecule has 0 spiro atoms. The van der Waals surface area contributed by atoms with Gasteiger partial charge in [0.1, 0.15) is 12.1 Å². The minimum absolute atomic E-state index is 0.0921. The van der Waals surface area contributed by atoms with Gasteiger partial charge in [-0.2, -0.15) is 0 Å². The molecule has 1 heterocycles. The zero-order chi connectivity index (χ0) is 22.2. The lowest BCUT2D eigenvalue weighted by Crippen LogP contribution is -2.92. The minimum atomic E-state index is -3.92. The monoisotopic (exact) mass is 545 g/mol. The summed E-state index contributed by atoms with van der Waals surface area (Å²) in [6, 6.07) is 0. The Balaban J connectivity index is 0.00000139. The predicted molar refractivity (Wildman–Crippen MR) is 120 cm³/mol. The second-order valence-electron chi connectivity index (χ2n) is 7.27. The molecule has 0 amide bonds. The lowest BCUT2D eigenvalue weighted by Gasteiger charge is -2.39. The predicted octanol–water partition coefficient (Wildman–Crippen LogP) is 2.20. The fourth-order valence-corrected chi connectivity index (χ4v) is 3.42. The number of quaternary nitrogens is 1. The van der Waals surface area contributed by atoms with Crippen molar-refractivity contribution in [3.05, 3.63) is 0 Å². The van der Waals surface area contributed by atoms with Gasteiger partial charge < -0.3 is 19.3 Å². The molecule has 9 heteroatoms. The summed E-state index contributed by atoms with van der Waals surface area (Å²) >= 11 is 2.05. The van der Waals surface area contributed by atoms with E-state index in [0.717, 1.165) is 45.2 Å². The van der Waals surface area contributed by atoms with Crippen molar-refractivity contribution in [3.63, 3.8) is 0 Å². The van der Waals surface area contributed by atoms with Crippen molar-refractivity contribution >= 4 is 38.7 Å². The van der Waals surface area contributed by atoms with Crippen LogP contribution in [0.1, 0.15) is 65.2 Å². The fourth-order valence-electron chi connectivity index (χ4n) is 3.23. The van der Waals surface area contributed by atoms with E-state index in [4.69, 9.17) is 22.4 Å². The van der Waals surface area contributed by atoms with Gasteiger partial charge in [-0.3, -0.25) is 4.79 Å². The quantitative estimate of drug-likeness (QED) is 0.140. The molecule has 1 saturated heterocycles. The Morgan fingerprint density at radius 2 is 1.93 bits per heavy atom. The lowest BCUT2D eigenvalue weighted by atomic mass is 9.80. The Bertz CT molecular complexity index is 600. The molecule has 170 valence electrons. The summed E-state index contributed by atoms with van der Waals surface area (Å²) in [7, 11) is -3.92. The maximum Gasteiger partial charge on any atom is 0.312 e. The number of carbonyl (C=O) groups is 1. The van der Waals surface area contributed by atoms with Gasteiger partial charge in [0.15, 0.2) is 0 Å². The van der Waals surface area contributed by atoms with Crippen molar-refractivity contribution in [2.24, 2.45) is 5.92 Å². The van der Waals surface area contributed by atoms with Gasteiger partial charge >= 0.3 is 5.97 Å². The Hall–Kier alpha value is -0.410. The van der Waals surface area contributed by atoms with Crippen LogP contribution >= 0.6 is 22.6 Å². The third kappa shape index (κ3) is 14.3. The van der Waals surface area contributed by atoms with Gasteiger partial charge in [-0.05, 0) is 16.8 Å². The normalized spacial score (nSPS) is 19.9. The van der Waals surface area contributed by atoms with Gasteiger partial charge in [0.2, 0.25) is 0 Å². The number of unbranched alkanes of at least 4 members (excludes halogenated alkanes) is 4. The van der Waals surface area contributed by atoms with Gasteiger partial charge in [-0.15, -0.1) is 0 Å². The number of ether oxygens (including phenoxy) is 2. The smallest absolute Gasteiger partial charge is 0.312 e. The van der Waals surface area contributed by atoms with E-state index in [-0.39, 0.29) is 11.9 Å². The van der Waals surface area contributed by atoms with Crippen LogP contribution in [-0.4, -0.2) is 57.1 Å². The fraction of sp³-hybridized carbons (Fsp3) is 0.850. The number of nitrogens with two attached hydrogens (primary N) is 1. The van der Waals surface area contributed by atoms with Crippen LogP contribution in [0.3, 0.4) is 0 Å². The Morgan fingerprint density at radius 3 is 2.45 bits per heavy atom. The van der Waals surface area contributed by atoms with Crippen LogP contribution in [-0.2, 0) is 24.4 Å². The summed E-state index contributed by atoms with van der Waals surface area (Å²) in [5.74, 6) is 2.84. The van der Waals surface area contributed by atoms with E-state index in [1.165, 1.54) is 12.8 Å². The number of esters is 1. The molecular formula is C20H36INO6S. The van der Waals surface area contributed by atoms with Crippen molar-refractivity contribution < 1.29 is 32.6 Å². The van der Waals surface area contributed by atoms with Crippen molar-refractivity contribution in [2.75, 3.05) is 32.6 Å². The summed E-state index contributed by atoms with van der Waals surface area (Å²) in [5.41, 5.74) is -0.494. The molecule has 0 aromatic heterocycles. The number of halogens is 1. The first-order chi connectivity index (χ1) is 13.7. The molecule has 0 aromatic carbocycles. The molecule has 1 aliphatic rings. The van der Waals surface area contributed by atoms with Crippen LogP contribution in [0, 0.1) is 15.8 Å². The molecule has 0 aromatic rings. The topological polar surface area (TPSA) is 109 Å². The SMILES string of the molecule is CCCCCCOC(=O)C(CCCC)C1(CC#CI)C[NH2+]CCO1.CS(=O)(=O)[O-]. The Kier molecular flexibility index (Phi) is 16.1. The summed E-state index contributed by atoms with van der Waals surface area (Å²) in [5, 5.41) is 2.24. The highest BCUT2D eigenvalue weighted by Crippen LogP contribution is 2.31. The first-order valence-corrected chi connectivity index (χ1v) is 13.2. The van der Waals surface area contributed by atoms with Gasteiger partial charge in [0.25, 0.3) is 0 Å². The highest BCUT2D eigenvalue weighted by molar-refractivity contribution is 14.1. The number of morpholine rings is 1. The van der Waals surface area contributed by atoms with E-state index in [1.807, 2.05) is 0 Å². The van der Waals surface area contributed by atoms with E-state index < -0.39 is 15.7 Å². The first kappa shape index (κ1) is 28.6. The highest BCUT2D eigenvalue weighted by atomic mass is 127. The lowest BCUT2D eigenvalue weighted by molar-refractivity contribution is -0.687. The average Bonchev–Trinajstić information content (AvgIpc) is 2.66. The number of carbonyl (C=O) groups excluding carboxylic acids is 1. The third-order valence-corrected chi connectivity index (χ3v) is 5.05. The van der Waals surface area contributed by atoms with E-state index in [0.29, 0.717) is 25.9 Å². The van der Waals surface area contributed by atoms with Crippen LogP contribution in [0.4, 0.5) is 0 Å². The third-order valence-electron chi connectivity index (χ3n) is 4.66. The van der Waals surface area contributed by atoms with Crippen LogP contribution in [0.15, 0.2) is 0 Å². The zero-order valence-electron chi connectivity index (χ0n) is 17.9. The maximum absolute atomic E-state index is 12.8. The highest BCUT2D eigenvalue weighted by Gasteiger charge is 2.47. The van der Waals surface area contributed by atoms with E-state index in [1.54, 1.807) is 0 Å². The van der Waals surface area contributed by atoms with Gasteiger partial charge in [0, 0.05) is 35.3 Å². The van der Waals surface area contributed by atoms with Gasteiger partial charge in [-0.25, -0.2) is 8.42 Å². The number of rotatable bonds is 11. The Labute approximate surface area is 190 Å². The molecule has 0 radical (unpaired) electrons. The van der Waals surface area contributed by atoms with Crippen molar-refractivity contribution in [1.29, 1.82) is 0 Å². The van der Waals surface area contributed by atoms with E-state index in [9.17, 15) is 4.79 Å². The van der Waals surface area contributed by atoms with Crippen LogP contribution < -0.4 is 5.32 Å². The van der Waals surface area contributed by atoms with Crippen LogP contribution in [0.25, 0.3) is 0 Å².